The number of hydrogen-bond donors (Lipinski definition) is 2. The first kappa shape index (κ1) is 13.2. The highest BCUT2D eigenvalue weighted by Crippen LogP contribution is 2.21. The Morgan fingerprint density at radius 3 is 2.74 bits per heavy atom. The smallest absolute Gasteiger partial charge is 0.337 e. The zero-order valence-corrected chi connectivity index (χ0v) is 11.4. The van der Waals surface area contributed by atoms with Crippen molar-refractivity contribution in [3.63, 3.8) is 0 Å². The first-order chi connectivity index (χ1) is 8.97. The molecule has 0 saturated heterocycles. The minimum atomic E-state index is -1.13. The number of aromatic nitrogens is 3. The second-order valence-electron chi connectivity index (χ2n) is 3.73. The molecule has 0 aliphatic rings. The normalized spacial score (nSPS) is 10.2. The molecule has 98 valence electrons. The predicted octanol–water partition coefficient (Wildman–Crippen LogP) is 1.53. The van der Waals surface area contributed by atoms with Gasteiger partial charge in [-0.15, -0.1) is 5.10 Å². The third-order valence-electron chi connectivity index (χ3n) is 2.30. The molecule has 0 bridgehead atoms. The predicted molar refractivity (Wildman–Crippen MR) is 70.1 cm³/mol. The van der Waals surface area contributed by atoms with Gasteiger partial charge in [-0.05, 0) is 18.2 Å². The van der Waals surface area contributed by atoms with E-state index >= 15 is 0 Å². The molecule has 0 aliphatic carbocycles. The number of carbonyl (C=O) groups is 2. The molecule has 19 heavy (non-hydrogen) atoms. The lowest BCUT2D eigenvalue weighted by Crippen LogP contribution is -2.15. The van der Waals surface area contributed by atoms with Crippen molar-refractivity contribution in [3.8, 4) is 0 Å². The zero-order chi connectivity index (χ0) is 14.0. The molecule has 8 heteroatoms. The highest BCUT2D eigenvalue weighted by atomic mass is 79.9. The average Bonchev–Trinajstić information content (AvgIpc) is 2.78. The molecule has 2 rings (SSSR count). The van der Waals surface area contributed by atoms with Crippen LogP contribution in [0.5, 0.6) is 0 Å². The van der Waals surface area contributed by atoms with Crippen molar-refractivity contribution < 1.29 is 14.7 Å². The van der Waals surface area contributed by atoms with E-state index < -0.39 is 11.9 Å². The van der Waals surface area contributed by atoms with E-state index in [0.717, 1.165) is 0 Å². The first-order valence-corrected chi connectivity index (χ1v) is 5.97. The van der Waals surface area contributed by atoms with Crippen molar-refractivity contribution in [1.82, 2.24) is 15.0 Å². The number of carboxylic acids is 1. The lowest BCUT2D eigenvalue weighted by atomic mass is 10.2. The average molecular weight is 325 g/mol. The van der Waals surface area contributed by atoms with Gasteiger partial charge in [0.1, 0.15) is 0 Å². The van der Waals surface area contributed by atoms with Crippen LogP contribution in [0.25, 0.3) is 0 Å². The van der Waals surface area contributed by atoms with Crippen molar-refractivity contribution in [2.45, 2.75) is 0 Å². The fourth-order valence-electron chi connectivity index (χ4n) is 1.44. The number of nitrogens with one attached hydrogen (secondary N) is 1. The number of aromatic carboxylic acids is 1. The summed E-state index contributed by atoms with van der Waals surface area (Å²) in [4.78, 5) is 22.9. The molecule has 0 fully saturated rings. The molecular weight excluding hydrogens is 316 g/mol. The summed E-state index contributed by atoms with van der Waals surface area (Å²) in [6.07, 6.45) is 1.44. The van der Waals surface area contributed by atoms with Gasteiger partial charge in [-0.3, -0.25) is 9.48 Å². The van der Waals surface area contributed by atoms with E-state index in [1.165, 1.54) is 23.0 Å². The molecule has 7 nitrogen and oxygen atoms in total. The van der Waals surface area contributed by atoms with E-state index in [2.05, 4.69) is 31.6 Å². The van der Waals surface area contributed by atoms with Crippen LogP contribution in [0.2, 0.25) is 0 Å². The molecule has 0 saturated carbocycles. The topological polar surface area (TPSA) is 97.1 Å². The maximum atomic E-state index is 11.9. The summed E-state index contributed by atoms with van der Waals surface area (Å²) in [5.41, 5.74) is 0.305. The quantitative estimate of drug-likeness (QED) is 0.892. The van der Waals surface area contributed by atoms with Gasteiger partial charge in [0.05, 0.1) is 17.4 Å². The second kappa shape index (κ2) is 5.19. The SMILES string of the molecule is Cn1cc(C(=O)Nc2ccc(Br)cc2C(=O)O)nn1. The maximum Gasteiger partial charge on any atom is 0.337 e. The number of halogens is 1. The fourth-order valence-corrected chi connectivity index (χ4v) is 1.80. The summed E-state index contributed by atoms with van der Waals surface area (Å²) in [6.45, 7) is 0. The maximum absolute atomic E-state index is 11.9. The van der Waals surface area contributed by atoms with Crippen LogP contribution in [0.3, 0.4) is 0 Å². The van der Waals surface area contributed by atoms with Crippen molar-refractivity contribution in [1.29, 1.82) is 0 Å². The van der Waals surface area contributed by atoms with Crippen LogP contribution < -0.4 is 5.32 Å². The molecule has 0 unspecified atom stereocenters. The number of benzene rings is 1. The lowest BCUT2D eigenvalue weighted by molar-refractivity contribution is 0.0698. The van der Waals surface area contributed by atoms with Gasteiger partial charge in [0.15, 0.2) is 5.69 Å². The molecule has 0 atom stereocenters. The van der Waals surface area contributed by atoms with Crippen LogP contribution in [0.15, 0.2) is 28.9 Å². The second-order valence-corrected chi connectivity index (χ2v) is 4.64. The van der Waals surface area contributed by atoms with Crippen molar-refractivity contribution in [3.05, 3.63) is 40.1 Å². The molecular formula is C11H9BrN4O3. The van der Waals surface area contributed by atoms with E-state index in [9.17, 15) is 9.59 Å². The van der Waals surface area contributed by atoms with E-state index in [4.69, 9.17) is 5.11 Å². The Bertz CT molecular complexity index is 653. The number of carboxylic acid groups (broad SMARTS) is 1. The minimum absolute atomic E-state index is 0.00776. The third-order valence-corrected chi connectivity index (χ3v) is 2.79. The number of nitrogens with zero attached hydrogens (tertiary/aromatic N) is 3. The number of amides is 1. The summed E-state index contributed by atoms with van der Waals surface area (Å²) in [7, 11) is 1.63. The molecule has 0 spiro atoms. The van der Waals surface area contributed by atoms with Gasteiger partial charge in [0.2, 0.25) is 0 Å². The van der Waals surface area contributed by atoms with E-state index in [1.54, 1.807) is 13.1 Å². The van der Waals surface area contributed by atoms with Crippen LogP contribution in [-0.4, -0.2) is 32.0 Å². The van der Waals surface area contributed by atoms with Crippen molar-refractivity contribution >= 4 is 33.5 Å². The minimum Gasteiger partial charge on any atom is -0.478 e. The Kier molecular flexibility index (Phi) is 3.61. The van der Waals surface area contributed by atoms with Crippen LogP contribution in [-0.2, 0) is 7.05 Å². The number of rotatable bonds is 3. The largest absolute Gasteiger partial charge is 0.478 e. The number of anilines is 1. The van der Waals surface area contributed by atoms with Crippen molar-refractivity contribution in [2.24, 2.45) is 7.05 Å². The Hall–Kier alpha value is -2.22. The van der Waals surface area contributed by atoms with Crippen LogP contribution in [0, 0.1) is 0 Å². The third kappa shape index (κ3) is 2.97. The number of hydrogen-bond acceptors (Lipinski definition) is 4. The number of carbonyl (C=O) groups excluding carboxylic acids is 1. The molecule has 1 aromatic heterocycles. The van der Waals surface area contributed by atoms with Gasteiger partial charge in [-0.2, -0.15) is 0 Å². The van der Waals surface area contributed by atoms with Gasteiger partial charge in [0, 0.05) is 11.5 Å². The van der Waals surface area contributed by atoms with Gasteiger partial charge in [-0.1, -0.05) is 21.1 Å². The summed E-state index contributed by atoms with van der Waals surface area (Å²) in [5, 5.41) is 18.8. The fraction of sp³-hybridized carbons (Fsp3) is 0.0909. The monoisotopic (exact) mass is 324 g/mol. The Balaban J connectivity index is 2.28. The Labute approximate surface area is 116 Å². The molecule has 0 aliphatic heterocycles. The molecule has 2 N–H and O–H groups in total. The van der Waals surface area contributed by atoms with Gasteiger partial charge in [0.25, 0.3) is 5.91 Å². The van der Waals surface area contributed by atoms with Crippen LogP contribution in [0.1, 0.15) is 20.8 Å². The number of aryl methyl sites for hydroxylation is 1. The van der Waals surface area contributed by atoms with Gasteiger partial charge in [-0.25, -0.2) is 4.79 Å². The summed E-state index contributed by atoms with van der Waals surface area (Å²) in [6, 6.07) is 4.55. The highest BCUT2D eigenvalue weighted by molar-refractivity contribution is 9.10. The standard InChI is InChI=1S/C11H9BrN4O3/c1-16-5-9(14-15-16)10(17)13-8-3-2-6(12)4-7(8)11(18)19/h2-5H,1H3,(H,13,17)(H,18,19). The molecule has 1 heterocycles. The first-order valence-electron chi connectivity index (χ1n) is 5.18. The summed E-state index contributed by atoms with van der Waals surface area (Å²) in [5.74, 6) is -1.64. The zero-order valence-electron chi connectivity index (χ0n) is 9.79. The van der Waals surface area contributed by atoms with Crippen LogP contribution >= 0.6 is 15.9 Å². The summed E-state index contributed by atoms with van der Waals surface area (Å²) < 4.78 is 2.00. The molecule has 0 radical (unpaired) electrons. The van der Waals surface area contributed by atoms with Gasteiger partial charge < -0.3 is 10.4 Å². The van der Waals surface area contributed by atoms with E-state index in [1.807, 2.05) is 0 Å². The van der Waals surface area contributed by atoms with Gasteiger partial charge >= 0.3 is 5.97 Å². The Morgan fingerprint density at radius 2 is 2.16 bits per heavy atom. The van der Waals surface area contributed by atoms with E-state index in [-0.39, 0.29) is 16.9 Å². The molecule has 1 amide bonds. The van der Waals surface area contributed by atoms with Crippen LogP contribution in [0.4, 0.5) is 5.69 Å². The van der Waals surface area contributed by atoms with Crippen molar-refractivity contribution in [2.75, 3.05) is 5.32 Å². The highest BCUT2D eigenvalue weighted by Gasteiger charge is 2.15. The summed E-state index contributed by atoms with van der Waals surface area (Å²) >= 11 is 3.18. The van der Waals surface area contributed by atoms with E-state index in [0.29, 0.717) is 4.47 Å². The molecule has 1 aromatic carbocycles. The molecule has 2 aromatic rings. The Morgan fingerprint density at radius 1 is 1.42 bits per heavy atom. The lowest BCUT2D eigenvalue weighted by Gasteiger charge is -2.07.